The number of anilines is 1. The van der Waals surface area contributed by atoms with Crippen molar-refractivity contribution < 1.29 is 14.5 Å². The van der Waals surface area contributed by atoms with Gasteiger partial charge in [0.15, 0.2) is 0 Å². The Labute approximate surface area is 123 Å². The van der Waals surface area contributed by atoms with E-state index in [1.807, 2.05) is 13.8 Å². The summed E-state index contributed by atoms with van der Waals surface area (Å²) in [6, 6.07) is 3.50. The number of nitrogens with zero attached hydrogens (tertiary/aromatic N) is 2. The molecule has 0 radical (unpaired) electrons. The van der Waals surface area contributed by atoms with Crippen LogP contribution in [0.15, 0.2) is 18.2 Å². The van der Waals surface area contributed by atoms with E-state index >= 15 is 0 Å². The van der Waals surface area contributed by atoms with Gasteiger partial charge in [0, 0.05) is 24.7 Å². The summed E-state index contributed by atoms with van der Waals surface area (Å²) in [6.07, 6.45) is 0.543. The summed E-state index contributed by atoms with van der Waals surface area (Å²) < 4.78 is 0. The largest absolute Gasteiger partial charge is 0.368 e. The van der Waals surface area contributed by atoms with Gasteiger partial charge < -0.3 is 10.2 Å². The first-order valence-electron chi connectivity index (χ1n) is 6.73. The molecule has 0 spiro atoms. The first kappa shape index (κ1) is 16.6. The van der Waals surface area contributed by atoms with Crippen LogP contribution in [0.1, 0.15) is 31.1 Å². The number of nitro benzene ring substituents is 1. The van der Waals surface area contributed by atoms with E-state index in [0.29, 0.717) is 19.4 Å². The van der Waals surface area contributed by atoms with Crippen molar-refractivity contribution in [1.82, 2.24) is 4.90 Å². The molecule has 7 heteroatoms. The Morgan fingerprint density at radius 2 is 2.05 bits per heavy atom. The van der Waals surface area contributed by atoms with Crippen LogP contribution in [0.3, 0.4) is 0 Å². The molecule has 0 aliphatic heterocycles. The maximum absolute atomic E-state index is 12.2. The van der Waals surface area contributed by atoms with Gasteiger partial charge in [-0.3, -0.25) is 19.7 Å². The first-order valence-corrected chi connectivity index (χ1v) is 6.73. The molecular weight excluding hydrogens is 274 g/mol. The summed E-state index contributed by atoms with van der Waals surface area (Å²) in [5.41, 5.74) is 0.215. The second kappa shape index (κ2) is 7.37. The zero-order valence-corrected chi connectivity index (χ0v) is 12.3. The predicted molar refractivity (Wildman–Crippen MR) is 79.5 cm³/mol. The van der Waals surface area contributed by atoms with Crippen molar-refractivity contribution >= 4 is 23.6 Å². The molecule has 0 heterocycles. The summed E-state index contributed by atoms with van der Waals surface area (Å²) >= 11 is 0. The number of nitrogens with one attached hydrogen (secondary N) is 1. The highest BCUT2D eigenvalue weighted by molar-refractivity contribution is 5.86. The molecule has 114 valence electrons. The normalized spacial score (nSPS) is 11.6. The molecule has 0 fully saturated rings. The number of benzene rings is 1. The van der Waals surface area contributed by atoms with Crippen LogP contribution in [0.2, 0.25) is 0 Å². The molecule has 0 bridgehead atoms. The fraction of sp³-hybridized carbons (Fsp3) is 0.429. The Morgan fingerprint density at radius 3 is 2.52 bits per heavy atom. The van der Waals surface area contributed by atoms with Crippen LogP contribution < -0.4 is 5.32 Å². The van der Waals surface area contributed by atoms with Gasteiger partial charge in [0.25, 0.3) is 5.69 Å². The minimum Gasteiger partial charge on any atom is -0.368 e. The van der Waals surface area contributed by atoms with E-state index in [1.165, 1.54) is 18.2 Å². The predicted octanol–water partition coefficient (Wildman–Crippen LogP) is 2.08. The lowest BCUT2D eigenvalue weighted by Gasteiger charge is -2.24. The number of rotatable bonds is 7. The number of carbonyl (C=O) groups excluding carboxylic acids is 2. The smallest absolute Gasteiger partial charge is 0.293 e. The Morgan fingerprint density at radius 1 is 1.43 bits per heavy atom. The molecule has 0 saturated carbocycles. The quantitative estimate of drug-likeness (QED) is 0.472. The van der Waals surface area contributed by atoms with Gasteiger partial charge in [-0.25, -0.2) is 0 Å². The number of aldehydes is 1. The maximum atomic E-state index is 12.2. The van der Waals surface area contributed by atoms with E-state index in [2.05, 4.69) is 5.32 Å². The van der Waals surface area contributed by atoms with Crippen LogP contribution in [0, 0.1) is 10.1 Å². The fourth-order valence-corrected chi connectivity index (χ4v) is 2.00. The molecular formula is C14H19N3O4. The summed E-state index contributed by atoms with van der Waals surface area (Å²) in [4.78, 5) is 34.9. The van der Waals surface area contributed by atoms with Gasteiger partial charge in [-0.2, -0.15) is 0 Å². The third-order valence-electron chi connectivity index (χ3n) is 3.17. The van der Waals surface area contributed by atoms with E-state index in [-0.39, 0.29) is 22.8 Å². The minimum absolute atomic E-state index is 0.131. The maximum Gasteiger partial charge on any atom is 0.293 e. The Hall–Kier alpha value is -2.44. The van der Waals surface area contributed by atoms with Gasteiger partial charge in [-0.1, -0.05) is 0 Å². The summed E-state index contributed by atoms with van der Waals surface area (Å²) in [7, 11) is 0. The minimum atomic E-state index is -0.592. The number of hydrogen-bond donors (Lipinski definition) is 1. The second-order valence-electron chi connectivity index (χ2n) is 4.53. The van der Waals surface area contributed by atoms with E-state index in [1.54, 1.807) is 11.8 Å². The number of hydrogen-bond acceptors (Lipinski definition) is 5. The first-order chi connectivity index (χ1) is 9.94. The highest BCUT2D eigenvalue weighted by Gasteiger charge is 2.22. The molecule has 7 nitrogen and oxygen atoms in total. The van der Waals surface area contributed by atoms with Crippen LogP contribution >= 0.6 is 0 Å². The zero-order valence-electron chi connectivity index (χ0n) is 12.3. The van der Waals surface area contributed by atoms with Gasteiger partial charge >= 0.3 is 0 Å². The van der Waals surface area contributed by atoms with Crippen molar-refractivity contribution in [2.75, 3.05) is 18.4 Å². The Kier molecular flexibility index (Phi) is 5.83. The van der Waals surface area contributed by atoms with E-state index < -0.39 is 11.0 Å². The standard InChI is InChI=1S/C14H19N3O4/c1-4-16(5-2)14(19)10(3)15-12-7-6-11(9-18)8-13(12)17(20)21/h6-10,15H,4-5H2,1-3H3. The van der Waals surface area contributed by atoms with Gasteiger partial charge in [0.05, 0.1) is 4.92 Å². The van der Waals surface area contributed by atoms with E-state index in [0.717, 1.165) is 0 Å². The van der Waals surface area contributed by atoms with Crippen molar-refractivity contribution in [3.8, 4) is 0 Å². The highest BCUT2D eigenvalue weighted by Crippen LogP contribution is 2.25. The van der Waals surface area contributed by atoms with Crippen molar-refractivity contribution in [3.63, 3.8) is 0 Å². The molecule has 1 aromatic rings. The molecule has 21 heavy (non-hydrogen) atoms. The van der Waals surface area contributed by atoms with Crippen molar-refractivity contribution in [2.45, 2.75) is 26.8 Å². The van der Waals surface area contributed by atoms with Gasteiger partial charge in [0.1, 0.15) is 18.0 Å². The topological polar surface area (TPSA) is 92.6 Å². The molecule has 1 N–H and O–H groups in total. The molecule has 1 amide bonds. The van der Waals surface area contributed by atoms with E-state index in [4.69, 9.17) is 0 Å². The Balaban J connectivity index is 2.99. The average molecular weight is 293 g/mol. The van der Waals surface area contributed by atoms with Gasteiger partial charge in [-0.15, -0.1) is 0 Å². The average Bonchev–Trinajstić information content (AvgIpc) is 2.48. The number of nitro groups is 1. The monoisotopic (exact) mass is 293 g/mol. The molecule has 1 rings (SSSR count). The third kappa shape index (κ3) is 4.01. The third-order valence-corrected chi connectivity index (χ3v) is 3.17. The lowest BCUT2D eigenvalue weighted by Crippen LogP contribution is -2.41. The summed E-state index contributed by atoms with van der Waals surface area (Å²) in [5, 5.41) is 13.9. The van der Waals surface area contributed by atoms with Crippen molar-refractivity contribution in [1.29, 1.82) is 0 Å². The lowest BCUT2D eigenvalue weighted by atomic mass is 10.1. The van der Waals surface area contributed by atoms with Crippen LogP contribution in [0.25, 0.3) is 0 Å². The van der Waals surface area contributed by atoms with Crippen LogP contribution in [-0.2, 0) is 4.79 Å². The summed E-state index contributed by atoms with van der Waals surface area (Å²) in [6.45, 7) is 6.55. The van der Waals surface area contributed by atoms with Gasteiger partial charge in [-0.05, 0) is 32.9 Å². The Bertz CT molecular complexity index is 541. The van der Waals surface area contributed by atoms with Crippen molar-refractivity contribution in [3.05, 3.63) is 33.9 Å². The fourth-order valence-electron chi connectivity index (χ4n) is 2.00. The number of amides is 1. The molecule has 0 aliphatic rings. The number of carbonyl (C=O) groups is 2. The molecule has 0 aliphatic carbocycles. The number of likely N-dealkylation sites (N-methyl/N-ethyl adjacent to an activating group) is 1. The van der Waals surface area contributed by atoms with E-state index in [9.17, 15) is 19.7 Å². The molecule has 0 saturated heterocycles. The molecule has 1 unspecified atom stereocenters. The zero-order chi connectivity index (χ0) is 16.0. The molecule has 1 aromatic carbocycles. The lowest BCUT2D eigenvalue weighted by molar-refractivity contribution is -0.384. The van der Waals surface area contributed by atoms with Gasteiger partial charge in [0.2, 0.25) is 5.91 Å². The molecule has 0 aromatic heterocycles. The van der Waals surface area contributed by atoms with Crippen molar-refractivity contribution in [2.24, 2.45) is 0 Å². The molecule has 1 atom stereocenters. The van der Waals surface area contributed by atoms with Crippen LogP contribution in [0.5, 0.6) is 0 Å². The highest BCUT2D eigenvalue weighted by atomic mass is 16.6. The SMILES string of the molecule is CCN(CC)C(=O)C(C)Nc1ccc(C=O)cc1[N+](=O)[O-]. The van der Waals surface area contributed by atoms with Crippen LogP contribution in [0.4, 0.5) is 11.4 Å². The summed E-state index contributed by atoms with van der Waals surface area (Å²) in [5.74, 6) is -0.131. The van der Waals surface area contributed by atoms with Crippen LogP contribution in [-0.4, -0.2) is 41.1 Å². The second-order valence-corrected chi connectivity index (χ2v) is 4.53.